The first kappa shape index (κ1) is 23.3. The number of halogens is 4. The van der Waals surface area contributed by atoms with Crippen LogP contribution in [0.15, 0.2) is 77.5 Å². The van der Waals surface area contributed by atoms with E-state index in [4.69, 9.17) is 27.9 Å². The summed E-state index contributed by atoms with van der Waals surface area (Å²) in [7, 11) is 0. The molecule has 4 aromatic rings. The molecule has 9 heteroatoms. The maximum atomic E-state index is 14.0. The van der Waals surface area contributed by atoms with E-state index in [1.165, 1.54) is 16.9 Å². The third-order valence-corrected chi connectivity index (χ3v) is 5.92. The molecule has 0 unspecified atom stereocenters. The normalized spacial score (nSPS) is 10.8. The molecule has 0 fully saturated rings. The summed E-state index contributed by atoms with van der Waals surface area (Å²) in [6.45, 7) is 0.465. The lowest BCUT2D eigenvalue weighted by Crippen LogP contribution is -2.11. The monoisotopic (exact) mass is 547 g/mol. The van der Waals surface area contributed by atoms with E-state index in [2.05, 4.69) is 26.3 Å². The number of ether oxygens (including phenoxy) is 1. The topological polar surface area (TPSA) is 56.2 Å². The van der Waals surface area contributed by atoms with Gasteiger partial charge in [-0.3, -0.25) is 9.48 Å². The second-order valence-electron chi connectivity index (χ2n) is 7.14. The zero-order valence-electron chi connectivity index (χ0n) is 17.1. The smallest absolute Gasteiger partial charge is 0.255 e. The maximum Gasteiger partial charge on any atom is 0.255 e. The number of hydrogen-bond acceptors (Lipinski definition) is 3. The van der Waals surface area contributed by atoms with Crippen LogP contribution >= 0.6 is 39.1 Å². The van der Waals surface area contributed by atoms with Crippen molar-refractivity contribution in [1.82, 2.24) is 9.78 Å². The standard InChI is InChI=1S/C24H17BrCl2FN3O2/c25-17-8-9-23(21(27)10-17)33-14-15-4-6-16(7-5-15)24(32)30-18-11-29-31(12-18)13-19-20(26)2-1-3-22(19)28/h1-12H,13-14H2,(H,30,32). The van der Waals surface area contributed by atoms with Gasteiger partial charge in [-0.2, -0.15) is 5.10 Å². The molecule has 33 heavy (non-hydrogen) atoms. The highest BCUT2D eigenvalue weighted by Gasteiger charge is 2.11. The first-order chi connectivity index (χ1) is 15.9. The van der Waals surface area contributed by atoms with Crippen molar-refractivity contribution in [2.24, 2.45) is 0 Å². The summed E-state index contributed by atoms with van der Waals surface area (Å²) in [5.41, 5.74) is 2.19. The molecule has 0 atom stereocenters. The van der Waals surface area contributed by atoms with Gasteiger partial charge in [0.1, 0.15) is 18.2 Å². The molecule has 1 amide bonds. The predicted molar refractivity (Wildman–Crippen MR) is 131 cm³/mol. The molecule has 168 valence electrons. The number of amides is 1. The number of carbonyl (C=O) groups is 1. The average Bonchev–Trinajstić information content (AvgIpc) is 3.23. The SMILES string of the molecule is O=C(Nc1cnn(Cc2c(F)cccc2Cl)c1)c1ccc(COc2ccc(Br)cc2Cl)cc1. The van der Waals surface area contributed by atoms with Crippen molar-refractivity contribution >= 4 is 50.7 Å². The van der Waals surface area contributed by atoms with E-state index < -0.39 is 5.82 Å². The van der Waals surface area contributed by atoms with Crippen molar-refractivity contribution in [3.05, 3.63) is 110 Å². The summed E-state index contributed by atoms with van der Waals surface area (Å²) in [5.74, 6) is -0.118. The lowest BCUT2D eigenvalue weighted by molar-refractivity contribution is 0.102. The highest BCUT2D eigenvalue weighted by Crippen LogP contribution is 2.28. The fourth-order valence-corrected chi connectivity index (χ4v) is 4.02. The van der Waals surface area contributed by atoms with Gasteiger partial charge in [-0.1, -0.05) is 57.3 Å². The van der Waals surface area contributed by atoms with Gasteiger partial charge >= 0.3 is 0 Å². The number of nitrogens with zero attached hydrogens (tertiary/aromatic N) is 2. The molecule has 0 spiro atoms. The Morgan fingerprint density at radius 2 is 1.88 bits per heavy atom. The van der Waals surface area contributed by atoms with E-state index in [1.807, 2.05) is 18.2 Å². The Hall–Kier alpha value is -2.87. The predicted octanol–water partition coefficient (Wildman–Crippen LogP) is 6.97. The Balaban J connectivity index is 1.35. The van der Waals surface area contributed by atoms with E-state index >= 15 is 0 Å². The van der Waals surface area contributed by atoms with Crippen molar-refractivity contribution < 1.29 is 13.9 Å². The Kier molecular flexibility index (Phi) is 7.33. The van der Waals surface area contributed by atoms with E-state index in [1.54, 1.807) is 42.6 Å². The highest BCUT2D eigenvalue weighted by atomic mass is 79.9. The molecule has 3 aromatic carbocycles. The molecule has 1 aromatic heterocycles. The van der Waals surface area contributed by atoms with Crippen LogP contribution in [0.1, 0.15) is 21.5 Å². The summed E-state index contributed by atoms with van der Waals surface area (Å²) < 4.78 is 22.1. The van der Waals surface area contributed by atoms with Crippen LogP contribution in [0.3, 0.4) is 0 Å². The zero-order valence-corrected chi connectivity index (χ0v) is 20.2. The summed E-state index contributed by atoms with van der Waals surface area (Å²) >= 11 is 15.6. The molecule has 4 rings (SSSR count). The Morgan fingerprint density at radius 3 is 2.61 bits per heavy atom. The summed E-state index contributed by atoms with van der Waals surface area (Å²) in [6.07, 6.45) is 3.11. The summed E-state index contributed by atoms with van der Waals surface area (Å²) in [4.78, 5) is 12.6. The number of hydrogen-bond donors (Lipinski definition) is 1. The Morgan fingerprint density at radius 1 is 1.09 bits per heavy atom. The van der Waals surface area contributed by atoms with Gasteiger partial charge in [0, 0.05) is 26.8 Å². The lowest BCUT2D eigenvalue weighted by Gasteiger charge is -2.09. The molecule has 0 aliphatic heterocycles. The van der Waals surface area contributed by atoms with Crippen LogP contribution in [0.2, 0.25) is 10.0 Å². The molecule has 0 aliphatic carbocycles. The minimum atomic E-state index is -0.407. The first-order valence-corrected chi connectivity index (χ1v) is 11.4. The molecule has 1 heterocycles. The van der Waals surface area contributed by atoms with E-state index in [9.17, 15) is 9.18 Å². The number of rotatable bonds is 7. The van der Waals surface area contributed by atoms with E-state index in [0.717, 1.165) is 10.0 Å². The first-order valence-electron chi connectivity index (χ1n) is 9.82. The van der Waals surface area contributed by atoms with Crippen molar-refractivity contribution in [3.8, 4) is 5.75 Å². The zero-order chi connectivity index (χ0) is 23.4. The summed E-state index contributed by atoms with van der Waals surface area (Å²) in [6, 6.07) is 16.9. The number of benzene rings is 3. The Labute approximate surface area is 208 Å². The fourth-order valence-electron chi connectivity index (χ4n) is 3.07. The van der Waals surface area contributed by atoms with Gasteiger partial charge in [-0.15, -0.1) is 0 Å². The van der Waals surface area contributed by atoms with E-state index in [-0.39, 0.29) is 12.5 Å². The maximum absolute atomic E-state index is 14.0. The largest absolute Gasteiger partial charge is 0.487 e. The van der Waals surface area contributed by atoms with Crippen LogP contribution in [-0.2, 0) is 13.2 Å². The number of aromatic nitrogens is 2. The van der Waals surface area contributed by atoms with Crippen LogP contribution in [0.4, 0.5) is 10.1 Å². The van der Waals surface area contributed by atoms with Crippen LogP contribution < -0.4 is 10.1 Å². The summed E-state index contributed by atoms with van der Waals surface area (Å²) in [5, 5.41) is 7.78. The van der Waals surface area contributed by atoms with Crippen molar-refractivity contribution in [1.29, 1.82) is 0 Å². The molecule has 5 nitrogen and oxygen atoms in total. The van der Waals surface area contributed by atoms with Crippen LogP contribution in [0.5, 0.6) is 5.75 Å². The molecule has 0 bridgehead atoms. The minimum Gasteiger partial charge on any atom is -0.487 e. The van der Waals surface area contributed by atoms with Gasteiger partial charge in [-0.05, 0) is 48.0 Å². The quantitative estimate of drug-likeness (QED) is 0.271. The lowest BCUT2D eigenvalue weighted by atomic mass is 10.1. The van der Waals surface area contributed by atoms with Gasteiger partial charge in [0.25, 0.3) is 5.91 Å². The molecule has 0 radical (unpaired) electrons. The molecule has 0 saturated carbocycles. The van der Waals surface area contributed by atoms with Gasteiger partial charge in [0.05, 0.1) is 23.5 Å². The third kappa shape index (κ3) is 5.93. The average molecular weight is 549 g/mol. The third-order valence-electron chi connectivity index (χ3n) is 4.78. The second-order valence-corrected chi connectivity index (χ2v) is 8.87. The highest BCUT2D eigenvalue weighted by molar-refractivity contribution is 9.10. The minimum absolute atomic E-state index is 0.151. The number of carbonyl (C=O) groups excluding carboxylic acids is 1. The van der Waals surface area contributed by atoms with E-state index in [0.29, 0.717) is 39.2 Å². The van der Waals surface area contributed by atoms with Gasteiger partial charge in [-0.25, -0.2) is 4.39 Å². The van der Waals surface area contributed by atoms with Crippen LogP contribution in [-0.4, -0.2) is 15.7 Å². The molecule has 0 saturated heterocycles. The van der Waals surface area contributed by atoms with Crippen molar-refractivity contribution in [3.63, 3.8) is 0 Å². The van der Waals surface area contributed by atoms with Gasteiger partial charge in [0.15, 0.2) is 0 Å². The number of anilines is 1. The second kappa shape index (κ2) is 10.4. The van der Waals surface area contributed by atoms with Crippen molar-refractivity contribution in [2.75, 3.05) is 5.32 Å². The number of nitrogens with one attached hydrogen (secondary N) is 1. The molecule has 1 N–H and O–H groups in total. The van der Waals surface area contributed by atoms with Crippen LogP contribution in [0, 0.1) is 5.82 Å². The molecular weight excluding hydrogens is 532 g/mol. The fraction of sp³-hybridized carbons (Fsp3) is 0.0833. The van der Waals surface area contributed by atoms with Gasteiger partial charge < -0.3 is 10.1 Å². The molecular formula is C24H17BrCl2FN3O2. The Bertz CT molecular complexity index is 1280. The van der Waals surface area contributed by atoms with Crippen LogP contribution in [0.25, 0.3) is 0 Å². The van der Waals surface area contributed by atoms with Gasteiger partial charge in [0.2, 0.25) is 0 Å². The van der Waals surface area contributed by atoms with Crippen molar-refractivity contribution in [2.45, 2.75) is 13.2 Å². The molecule has 0 aliphatic rings.